The molecule has 0 aliphatic heterocycles. The maximum Gasteiger partial charge on any atom is 0.298 e. The van der Waals surface area contributed by atoms with Gasteiger partial charge in [0.15, 0.2) is 11.5 Å². The van der Waals surface area contributed by atoms with Crippen molar-refractivity contribution < 1.29 is 79.9 Å². The summed E-state index contributed by atoms with van der Waals surface area (Å²) in [4.78, 5) is -4.45. The van der Waals surface area contributed by atoms with Crippen LogP contribution in [0, 0.1) is 6.92 Å². The molecule has 8 N–H and O–H groups in total. The predicted octanol–water partition coefficient (Wildman–Crippen LogP) is 3.29. The molecule has 0 saturated heterocycles. The number of hydrogen-bond donors (Lipinski definition) is 8. The van der Waals surface area contributed by atoms with Crippen molar-refractivity contribution in [1.82, 2.24) is 0 Å². The summed E-state index contributed by atoms with van der Waals surface area (Å²) in [7, 11) is -20.2. The van der Waals surface area contributed by atoms with Gasteiger partial charge in [0.05, 0.1) is 9.79 Å². The number of hydrogen-bond acceptors (Lipinski definition) is 13. The summed E-state index contributed by atoms with van der Waals surface area (Å²) in [5.41, 5.74) is -1.95. The van der Waals surface area contributed by atoms with E-state index in [9.17, 15) is 62.8 Å². The van der Waals surface area contributed by atoms with E-state index in [0.29, 0.717) is 12.1 Å². The van der Waals surface area contributed by atoms with Crippen LogP contribution >= 0.6 is 10.9 Å². The van der Waals surface area contributed by atoms with Gasteiger partial charge in [-0.05, 0) is 42.1 Å². The minimum atomic E-state index is -5.31. The maximum absolute atomic E-state index is 12.0. The van der Waals surface area contributed by atoms with E-state index < -0.39 is 89.1 Å². The molecule has 0 heterocycles. The molecule has 38 heavy (non-hydrogen) atoms. The van der Waals surface area contributed by atoms with E-state index >= 15 is 0 Å². The molecule has 0 aromatic heterocycles. The molecule has 16 nitrogen and oxygen atoms in total. The third kappa shape index (κ3) is 6.42. The summed E-state index contributed by atoms with van der Waals surface area (Å²) < 4.78 is 128. The van der Waals surface area contributed by atoms with Crippen molar-refractivity contribution in [3.63, 3.8) is 0 Å². The summed E-state index contributed by atoms with van der Waals surface area (Å²) in [5, 5.41) is 26.7. The molecule has 213 valence electrons. The van der Waals surface area contributed by atoms with Gasteiger partial charge in [-0.1, -0.05) is 6.07 Å². The Hall–Kier alpha value is -2.40. The number of azo groups is 1. The second-order valence-electron chi connectivity index (χ2n) is 7.37. The van der Waals surface area contributed by atoms with Gasteiger partial charge < -0.3 is 23.9 Å². The van der Waals surface area contributed by atoms with Gasteiger partial charge in [0.25, 0.3) is 30.4 Å². The second-order valence-corrected chi connectivity index (χ2v) is 13.0. The zero-order valence-electron chi connectivity index (χ0n) is 18.2. The van der Waals surface area contributed by atoms with Crippen LogP contribution in [-0.2, 0) is 47.4 Å². The molecule has 3 aromatic rings. The van der Waals surface area contributed by atoms with E-state index in [2.05, 4.69) is 10.2 Å². The van der Waals surface area contributed by atoms with Crippen molar-refractivity contribution in [3.05, 3.63) is 35.9 Å². The van der Waals surface area contributed by atoms with Crippen LogP contribution in [-0.4, -0.2) is 62.8 Å². The van der Waals surface area contributed by atoms with Gasteiger partial charge in [-0.15, -0.1) is 10.2 Å². The number of aromatic hydroxyl groups is 2. The van der Waals surface area contributed by atoms with E-state index in [1.807, 2.05) is 0 Å². The van der Waals surface area contributed by atoms with Crippen molar-refractivity contribution in [1.29, 1.82) is 0 Å². The quantitative estimate of drug-likeness (QED) is 0.107. The van der Waals surface area contributed by atoms with E-state index in [0.717, 1.165) is 6.07 Å². The van der Waals surface area contributed by atoms with Gasteiger partial charge in [-0.2, -0.15) is 25.3 Å². The molecule has 0 unspecified atom stereocenters. The van der Waals surface area contributed by atoms with Crippen LogP contribution in [0.1, 0.15) is 5.56 Å². The van der Waals surface area contributed by atoms with Gasteiger partial charge >= 0.3 is 0 Å². The first-order chi connectivity index (χ1) is 16.6. The molecule has 0 saturated carbocycles. The fourth-order valence-electron chi connectivity index (χ4n) is 3.20. The number of aryl methyl sites for hydroxylation is 1. The maximum atomic E-state index is 12.0. The van der Waals surface area contributed by atoms with Crippen molar-refractivity contribution >= 4 is 63.4 Å². The van der Waals surface area contributed by atoms with Gasteiger partial charge in [0, 0.05) is 22.5 Å². The first kappa shape index (κ1) is 31.8. The molecule has 1 radical (unpaired) electrons. The SMILES string of the molecule is Cc1cc(S(O)(O)O)c2c(O)c(N=Nc3cc(S(=O)(=O)O)cc(S(=O)(=O)O)c3O)c(S(=O)(=O)O)cc2c1.[Cu]. The van der Waals surface area contributed by atoms with Gasteiger partial charge in [-0.25, -0.2) is 0 Å². The number of phenols is 2. The zero-order valence-corrected chi connectivity index (χ0v) is 22.5. The summed E-state index contributed by atoms with van der Waals surface area (Å²) in [6.45, 7) is 1.42. The Bertz CT molecular complexity index is 1820. The average molecular weight is 664 g/mol. The average Bonchev–Trinajstić information content (AvgIpc) is 2.70. The van der Waals surface area contributed by atoms with Gasteiger partial charge in [0.1, 0.15) is 32.0 Å². The summed E-state index contributed by atoms with van der Waals surface area (Å²) in [6.07, 6.45) is 0. The van der Waals surface area contributed by atoms with E-state index in [-0.39, 0.29) is 34.1 Å². The summed E-state index contributed by atoms with van der Waals surface area (Å²) >= 11 is 0. The summed E-state index contributed by atoms with van der Waals surface area (Å²) in [6, 6.07) is 3.52. The summed E-state index contributed by atoms with van der Waals surface area (Å²) in [5.74, 6) is -2.61. The van der Waals surface area contributed by atoms with E-state index in [1.54, 1.807) is 0 Å². The normalized spacial score (nSPS) is 13.6. The number of rotatable bonds is 6. The van der Waals surface area contributed by atoms with E-state index in [1.165, 1.54) is 13.0 Å². The number of nitrogens with zero attached hydrogens (tertiary/aromatic N) is 2. The smallest absolute Gasteiger partial charge is 0.298 e. The molecule has 0 fully saturated rings. The van der Waals surface area contributed by atoms with Gasteiger partial charge in [-0.3, -0.25) is 13.7 Å². The number of fused-ring (bicyclic) bond motifs is 1. The van der Waals surface area contributed by atoms with Crippen molar-refractivity contribution in [2.45, 2.75) is 26.5 Å². The third-order valence-corrected chi connectivity index (χ3v) is 8.17. The van der Waals surface area contributed by atoms with Crippen molar-refractivity contribution in [3.8, 4) is 11.5 Å². The Morgan fingerprint density at radius 3 is 1.66 bits per heavy atom. The zero-order chi connectivity index (χ0) is 28.3. The predicted molar refractivity (Wildman–Crippen MR) is 126 cm³/mol. The van der Waals surface area contributed by atoms with Crippen LogP contribution in [0.2, 0.25) is 0 Å². The Labute approximate surface area is 226 Å². The Balaban J connectivity index is 0.00000507. The Kier molecular flexibility index (Phi) is 8.62. The van der Waals surface area contributed by atoms with Crippen molar-refractivity contribution in [2.75, 3.05) is 0 Å². The monoisotopic (exact) mass is 663 g/mol. The largest absolute Gasteiger partial charge is 0.505 e. The molecule has 0 aliphatic rings. The molecule has 21 heteroatoms. The number of phenolic OH excluding ortho intramolecular Hbond substituents is 2. The molecular weight excluding hydrogens is 648 g/mol. The molecular formula is C17H16CuN2O14S4. The molecule has 3 aromatic carbocycles. The first-order valence-electron chi connectivity index (χ1n) is 9.14. The van der Waals surface area contributed by atoms with Crippen molar-refractivity contribution in [2.24, 2.45) is 10.2 Å². The Morgan fingerprint density at radius 2 is 1.18 bits per heavy atom. The van der Waals surface area contributed by atoms with Crippen LogP contribution in [0.25, 0.3) is 10.8 Å². The number of benzene rings is 3. The molecule has 0 spiro atoms. The van der Waals surface area contributed by atoms with Gasteiger partial charge in [0.2, 0.25) is 0 Å². The van der Waals surface area contributed by atoms with Crippen LogP contribution in [0.15, 0.2) is 60.1 Å². The van der Waals surface area contributed by atoms with Crippen LogP contribution in [0.3, 0.4) is 0 Å². The minimum absolute atomic E-state index is 0. The van der Waals surface area contributed by atoms with E-state index in [4.69, 9.17) is 0 Å². The third-order valence-electron chi connectivity index (χ3n) is 4.69. The molecule has 3 rings (SSSR count). The van der Waals surface area contributed by atoms with Crippen LogP contribution in [0.4, 0.5) is 11.4 Å². The standard InChI is InChI=1S/C17H16N2O14S4.Cu/c1-7-2-8-4-12(36(28,29)30)15(17(21)14(8)11(3-7)35(25,26)27)19-18-10-5-9(34(22,23)24)6-13(16(10)20)37(31,32)33;/h2-6,20-21,25-27H,1H3,(H,22,23,24)(H,28,29,30)(H,31,32,33);. The second kappa shape index (κ2) is 10.3. The molecule has 0 amide bonds. The van der Waals surface area contributed by atoms with Crippen LogP contribution < -0.4 is 0 Å². The fraction of sp³-hybridized carbons (Fsp3) is 0.0588. The first-order valence-corrected chi connectivity index (χ1v) is 15.0. The minimum Gasteiger partial charge on any atom is -0.505 e. The molecule has 0 bridgehead atoms. The topological polar surface area (TPSA) is 289 Å². The fourth-order valence-corrected chi connectivity index (χ4v) is 5.91. The Morgan fingerprint density at radius 1 is 0.632 bits per heavy atom. The van der Waals surface area contributed by atoms with Crippen LogP contribution in [0.5, 0.6) is 11.5 Å². The molecule has 0 aliphatic carbocycles. The molecule has 0 atom stereocenters.